The number of amides is 2. The number of carbonyl (C=O) groups excluding carboxylic acids is 3. The predicted molar refractivity (Wildman–Crippen MR) is 114 cm³/mol. The quantitative estimate of drug-likeness (QED) is 0.650. The van der Waals surface area contributed by atoms with E-state index in [1.54, 1.807) is 18.2 Å². The van der Waals surface area contributed by atoms with Crippen LogP contribution in [0.25, 0.3) is 0 Å². The van der Waals surface area contributed by atoms with Gasteiger partial charge >= 0.3 is 5.97 Å². The fourth-order valence-corrected chi connectivity index (χ4v) is 4.63. The van der Waals surface area contributed by atoms with Gasteiger partial charge in [0, 0.05) is 35.7 Å². The van der Waals surface area contributed by atoms with E-state index in [1.165, 1.54) is 32.5 Å². The van der Waals surface area contributed by atoms with E-state index in [0.29, 0.717) is 27.8 Å². The molecule has 1 heterocycles. The summed E-state index contributed by atoms with van der Waals surface area (Å²) in [5.41, 5.74) is 1.73. The molecule has 3 rings (SSSR count). The van der Waals surface area contributed by atoms with Crippen molar-refractivity contribution in [3.05, 3.63) is 34.2 Å². The van der Waals surface area contributed by atoms with Crippen molar-refractivity contribution in [2.45, 2.75) is 32.6 Å². The van der Waals surface area contributed by atoms with Crippen LogP contribution in [0, 0.1) is 0 Å². The Bertz CT molecular complexity index is 946. The summed E-state index contributed by atoms with van der Waals surface area (Å²) in [6.45, 7) is 0.937. The fraction of sp³-hybridized carbons (Fsp3) is 0.381. The Morgan fingerprint density at radius 1 is 1.00 bits per heavy atom. The van der Waals surface area contributed by atoms with Gasteiger partial charge in [-0.25, -0.2) is 4.79 Å². The monoisotopic (exact) mass is 432 g/mol. The van der Waals surface area contributed by atoms with E-state index in [0.717, 1.165) is 36.1 Å². The molecule has 2 amide bonds. The maximum atomic E-state index is 12.8. The van der Waals surface area contributed by atoms with Crippen LogP contribution in [0.5, 0.6) is 11.5 Å². The molecule has 0 fully saturated rings. The number of carbonyl (C=O) groups is 3. The predicted octanol–water partition coefficient (Wildman–Crippen LogP) is 3.40. The highest BCUT2D eigenvalue weighted by Crippen LogP contribution is 2.38. The average Bonchev–Trinajstić information content (AvgIpc) is 3.08. The first kappa shape index (κ1) is 21.6. The molecule has 0 radical (unpaired) electrons. The van der Waals surface area contributed by atoms with Gasteiger partial charge in [0.05, 0.1) is 19.8 Å². The molecule has 0 atom stereocenters. The van der Waals surface area contributed by atoms with Gasteiger partial charge in [-0.3, -0.25) is 9.59 Å². The number of anilines is 2. The van der Waals surface area contributed by atoms with Gasteiger partial charge in [-0.2, -0.15) is 0 Å². The summed E-state index contributed by atoms with van der Waals surface area (Å²) < 4.78 is 15.6. The first-order valence-electron chi connectivity index (χ1n) is 9.53. The molecule has 30 heavy (non-hydrogen) atoms. The van der Waals surface area contributed by atoms with E-state index in [9.17, 15) is 14.4 Å². The minimum absolute atomic E-state index is 0.257. The van der Waals surface area contributed by atoms with E-state index < -0.39 is 18.5 Å². The summed E-state index contributed by atoms with van der Waals surface area (Å²) in [6, 6.07) is 4.94. The highest BCUT2D eigenvalue weighted by atomic mass is 32.1. The number of benzene rings is 1. The number of esters is 1. The maximum Gasteiger partial charge on any atom is 0.341 e. The molecule has 2 aromatic rings. The number of nitrogens with one attached hydrogen (secondary N) is 2. The van der Waals surface area contributed by atoms with E-state index in [-0.39, 0.29) is 5.91 Å². The van der Waals surface area contributed by atoms with Crippen LogP contribution < -0.4 is 20.1 Å². The summed E-state index contributed by atoms with van der Waals surface area (Å²) in [7, 11) is 3.02. The Morgan fingerprint density at radius 2 is 1.67 bits per heavy atom. The minimum atomic E-state index is -0.614. The van der Waals surface area contributed by atoms with Crippen LogP contribution in [0.3, 0.4) is 0 Å². The molecule has 1 aliphatic carbocycles. The second-order valence-electron chi connectivity index (χ2n) is 6.82. The Kier molecular flexibility index (Phi) is 6.94. The molecular weight excluding hydrogens is 408 g/mol. The zero-order valence-electron chi connectivity index (χ0n) is 17.1. The number of thiophene rings is 1. The molecule has 0 aliphatic heterocycles. The molecule has 0 unspecified atom stereocenters. The normalized spacial score (nSPS) is 12.5. The molecule has 9 heteroatoms. The van der Waals surface area contributed by atoms with Gasteiger partial charge in [-0.15, -0.1) is 11.3 Å². The third-order valence-corrected chi connectivity index (χ3v) is 5.84. The van der Waals surface area contributed by atoms with Crippen LogP contribution in [0.1, 0.15) is 40.6 Å². The molecule has 1 aromatic carbocycles. The van der Waals surface area contributed by atoms with Gasteiger partial charge in [-0.1, -0.05) is 0 Å². The SMILES string of the molecule is COc1cc(NC(=O)COC(=O)c2c(NC(C)=O)sc3c2CCCC3)cc(OC)c1. The number of hydrogen-bond acceptors (Lipinski definition) is 7. The van der Waals surface area contributed by atoms with Crippen molar-refractivity contribution >= 4 is 39.8 Å². The van der Waals surface area contributed by atoms with Crippen LogP contribution in [-0.2, 0) is 27.2 Å². The first-order chi connectivity index (χ1) is 14.4. The van der Waals surface area contributed by atoms with Crippen molar-refractivity contribution < 1.29 is 28.6 Å². The summed E-state index contributed by atoms with van der Waals surface area (Å²) in [5.74, 6) is -0.328. The highest BCUT2D eigenvalue weighted by Gasteiger charge is 2.27. The van der Waals surface area contributed by atoms with Crippen LogP contribution in [-0.4, -0.2) is 38.6 Å². The van der Waals surface area contributed by atoms with Crippen LogP contribution in [0.15, 0.2) is 18.2 Å². The van der Waals surface area contributed by atoms with Gasteiger partial charge < -0.3 is 24.8 Å². The van der Waals surface area contributed by atoms with Crippen LogP contribution in [0.4, 0.5) is 10.7 Å². The summed E-state index contributed by atoms with van der Waals surface area (Å²) in [5, 5.41) is 5.86. The lowest BCUT2D eigenvalue weighted by Gasteiger charge is -2.13. The molecule has 1 aromatic heterocycles. The second-order valence-corrected chi connectivity index (χ2v) is 7.93. The zero-order valence-corrected chi connectivity index (χ0v) is 17.9. The Balaban J connectivity index is 1.69. The van der Waals surface area contributed by atoms with Crippen molar-refractivity contribution in [2.24, 2.45) is 0 Å². The Morgan fingerprint density at radius 3 is 2.30 bits per heavy atom. The molecule has 0 saturated carbocycles. The van der Waals surface area contributed by atoms with Crippen molar-refractivity contribution in [3.8, 4) is 11.5 Å². The molecular formula is C21H24N2O6S. The van der Waals surface area contributed by atoms with Gasteiger partial charge in [0.1, 0.15) is 16.5 Å². The summed E-state index contributed by atoms with van der Waals surface area (Å²) in [6.07, 6.45) is 3.65. The van der Waals surface area contributed by atoms with E-state index >= 15 is 0 Å². The summed E-state index contributed by atoms with van der Waals surface area (Å²) in [4.78, 5) is 37.7. The number of rotatable bonds is 7. The molecule has 160 valence electrons. The van der Waals surface area contributed by atoms with Gasteiger partial charge in [-0.05, 0) is 31.2 Å². The van der Waals surface area contributed by atoms with Crippen molar-refractivity contribution in [3.63, 3.8) is 0 Å². The number of methoxy groups -OCH3 is 2. The Labute approximate surface area is 178 Å². The van der Waals surface area contributed by atoms with Crippen LogP contribution >= 0.6 is 11.3 Å². The van der Waals surface area contributed by atoms with Gasteiger partial charge in [0.15, 0.2) is 6.61 Å². The van der Waals surface area contributed by atoms with Gasteiger partial charge in [0.2, 0.25) is 5.91 Å². The zero-order chi connectivity index (χ0) is 21.7. The minimum Gasteiger partial charge on any atom is -0.497 e. The number of fused-ring (bicyclic) bond motifs is 1. The van der Waals surface area contributed by atoms with Crippen LogP contribution in [0.2, 0.25) is 0 Å². The third kappa shape index (κ3) is 5.10. The number of ether oxygens (including phenoxy) is 3. The molecule has 1 aliphatic rings. The summed E-state index contributed by atoms with van der Waals surface area (Å²) >= 11 is 1.40. The third-order valence-electron chi connectivity index (χ3n) is 4.63. The van der Waals surface area contributed by atoms with E-state index in [4.69, 9.17) is 14.2 Å². The lowest BCUT2D eigenvalue weighted by molar-refractivity contribution is -0.119. The average molecular weight is 432 g/mol. The molecule has 2 N–H and O–H groups in total. The molecule has 8 nitrogen and oxygen atoms in total. The number of hydrogen-bond donors (Lipinski definition) is 2. The fourth-order valence-electron chi connectivity index (χ4n) is 3.31. The second kappa shape index (κ2) is 9.62. The smallest absolute Gasteiger partial charge is 0.341 e. The standard InChI is InChI=1S/C21H24N2O6S/c1-12(24)22-20-19(16-6-4-5-7-17(16)30-20)21(26)29-11-18(25)23-13-8-14(27-2)10-15(9-13)28-3/h8-10H,4-7,11H2,1-3H3,(H,22,24)(H,23,25). The van der Waals surface area contributed by atoms with Crippen molar-refractivity contribution in [1.82, 2.24) is 0 Å². The van der Waals surface area contributed by atoms with Crippen molar-refractivity contribution in [2.75, 3.05) is 31.5 Å². The maximum absolute atomic E-state index is 12.8. The van der Waals surface area contributed by atoms with Crippen molar-refractivity contribution in [1.29, 1.82) is 0 Å². The first-order valence-corrected chi connectivity index (χ1v) is 10.3. The molecule has 0 spiro atoms. The lowest BCUT2D eigenvalue weighted by Crippen LogP contribution is -2.22. The van der Waals surface area contributed by atoms with E-state index in [2.05, 4.69) is 10.6 Å². The lowest BCUT2D eigenvalue weighted by atomic mass is 9.95. The Hall–Kier alpha value is -3.07. The largest absolute Gasteiger partial charge is 0.497 e. The molecule has 0 saturated heterocycles. The molecule has 0 bridgehead atoms. The van der Waals surface area contributed by atoms with Gasteiger partial charge in [0.25, 0.3) is 5.91 Å². The number of aryl methyl sites for hydroxylation is 1. The van der Waals surface area contributed by atoms with E-state index in [1.807, 2.05) is 0 Å². The topological polar surface area (TPSA) is 103 Å². The highest BCUT2D eigenvalue weighted by molar-refractivity contribution is 7.17.